The molecule has 4 aliphatic heterocycles. The third kappa shape index (κ3) is 6.11. The van der Waals surface area contributed by atoms with Crippen molar-refractivity contribution in [2.24, 2.45) is 11.8 Å². The first-order valence-electron chi connectivity index (χ1n) is 12.7. The summed E-state index contributed by atoms with van der Waals surface area (Å²) < 4.78 is 13.2. The molecule has 2 amide bonds. The van der Waals surface area contributed by atoms with E-state index in [1.54, 1.807) is 23.9 Å². The maximum atomic E-state index is 13.2. The molecule has 6 rings (SSSR count). The first-order valence-corrected chi connectivity index (χ1v) is 14.0. The van der Waals surface area contributed by atoms with Crippen molar-refractivity contribution >= 4 is 29.2 Å². The summed E-state index contributed by atoms with van der Waals surface area (Å²) in [6.45, 7) is 8.24. The lowest BCUT2D eigenvalue weighted by molar-refractivity contribution is -0.0114. The molecule has 4 heterocycles. The van der Waals surface area contributed by atoms with E-state index in [2.05, 4.69) is 25.3 Å². The van der Waals surface area contributed by atoms with E-state index in [0.29, 0.717) is 18.5 Å². The van der Waals surface area contributed by atoms with Crippen LogP contribution < -0.4 is 15.5 Å². The van der Waals surface area contributed by atoms with E-state index in [0.717, 1.165) is 68.0 Å². The van der Waals surface area contributed by atoms with Crippen LogP contribution in [-0.4, -0.2) is 80.5 Å². The van der Waals surface area contributed by atoms with Crippen molar-refractivity contribution in [1.82, 2.24) is 15.1 Å². The molecule has 2 N–H and O–H groups in total. The van der Waals surface area contributed by atoms with Crippen LogP contribution in [0.15, 0.2) is 53.4 Å². The van der Waals surface area contributed by atoms with Gasteiger partial charge in [0, 0.05) is 68.1 Å². The molecular weight excluding hydrogens is 461 g/mol. The number of urea groups is 1. The number of hydrogen-bond acceptors (Lipinski definition) is 5. The Morgan fingerprint density at radius 3 is 2.60 bits per heavy atom. The number of benzene rings is 2. The molecule has 8 heteroatoms. The number of nitrogens with zero attached hydrogens (tertiary/aromatic N) is 3. The van der Waals surface area contributed by atoms with Crippen LogP contribution in [0.3, 0.4) is 0 Å². The molecule has 0 radical (unpaired) electrons. The summed E-state index contributed by atoms with van der Waals surface area (Å²) in [6, 6.07) is 15.1. The largest absolute Gasteiger partial charge is 0.369 e. The van der Waals surface area contributed by atoms with E-state index in [-0.39, 0.29) is 11.8 Å². The molecule has 4 fully saturated rings. The molecule has 188 valence electrons. The summed E-state index contributed by atoms with van der Waals surface area (Å²) >= 11 is 1.67. The predicted octanol–water partition coefficient (Wildman–Crippen LogP) is 4.20. The molecule has 6 nitrogen and oxygen atoms in total. The summed E-state index contributed by atoms with van der Waals surface area (Å²) in [5, 5.41) is 6.08. The minimum atomic E-state index is -0.176. The van der Waals surface area contributed by atoms with Crippen molar-refractivity contribution in [3.63, 3.8) is 0 Å². The number of carbonyl (C=O) groups is 1. The molecule has 0 spiro atoms. The molecule has 0 aliphatic carbocycles. The van der Waals surface area contributed by atoms with Crippen LogP contribution in [0.5, 0.6) is 0 Å². The van der Waals surface area contributed by atoms with Gasteiger partial charge in [-0.2, -0.15) is 0 Å². The number of carbonyl (C=O) groups excluding carboxylic acids is 1. The number of hydrogen-bond donors (Lipinski definition) is 2. The molecule has 35 heavy (non-hydrogen) atoms. The summed E-state index contributed by atoms with van der Waals surface area (Å²) in [7, 11) is 0. The van der Waals surface area contributed by atoms with Gasteiger partial charge in [0.05, 0.1) is 0 Å². The highest BCUT2D eigenvalue weighted by atomic mass is 32.2. The van der Waals surface area contributed by atoms with Crippen LogP contribution in [-0.2, 0) is 0 Å². The Bertz CT molecular complexity index is 997. The smallest absolute Gasteiger partial charge is 0.319 e. The first kappa shape index (κ1) is 24.4. The van der Waals surface area contributed by atoms with Gasteiger partial charge in [0.25, 0.3) is 0 Å². The quantitative estimate of drug-likeness (QED) is 0.562. The van der Waals surface area contributed by atoms with E-state index < -0.39 is 0 Å². The number of anilines is 2. The lowest BCUT2D eigenvalue weighted by Crippen LogP contribution is -2.59. The first-order chi connectivity index (χ1) is 17.1. The van der Waals surface area contributed by atoms with E-state index in [9.17, 15) is 9.18 Å². The maximum absolute atomic E-state index is 13.2. The third-order valence-corrected chi connectivity index (χ3v) is 8.62. The van der Waals surface area contributed by atoms with Gasteiger partial charge in [0.1, 0.15) is 5.82 Å². The zero-order valence-corrected chi connectivity index (χ0v) is 21.3. The van der Waals surface area contributed by atoms with Gasteiger partial charge in [-0.15, -0.1) is 11.8 Å². The molecule has 1 unspecified atom stereocenters. The molecule has 4 aliphatic rings. The van der Waals surface area contributed by atoms with Crippen molar-refractivity contribution < 1.29 is 9.18 Å². The molecule has 2 aromatic carbocycles. The Morgan fingerprint density at radius 2 is 1.89 bits per heavy atom. The summed E-state index contributed by atoms with van der Waals surface area (Å²) in [4.78, 5) is 21.2. The SMILES string of the molecule is CSc1cccc(NC(=O)NC[C@H]2C[C@@H]3CCN2C[C@@H]3CN2CCN(c3ccc(F)cc3)CC2)c1. The van der Waals surface area contributed by atoms with Crippen LogP contribution in [0.4, 0.5) is 20.6 Å². The molecular formula is C27H36FN5OS. The fourth-order valence-corrected chi connectivity index (χ4v) is 6.39. The van der Waals surface area contributed by atoms with Crippen LogP contribution in [0.25, 0.3) is 0 Å². The van der Waals surface area contributed by atoms with E-state index >= 15 is 0 Å². The average Bonchev–Trinajstić information content (AvgIpc) is 2.89. The second-order valence-electron chi connectivity index (χ2n) is 10.0. The topological polar surface area (TPSA) is 50.9 Å². The molecule has 2 bridgehead atoms. The number of halogens is 1. The number of thioether (sulfide) groups is 1. The Labute approximate surface area is 212 Å². The van der Waals surface area contributed by atoms with Crippen LogP contribution in [0.2, 0.25) is 0 Å². The number of rotatable bonds is 7. The van der Waals surface area contributed by atoms with Crippen LogP contribution in [0.1, 0.15) is 12.8 Å². The van der Waals surface area contributed by atoms with Crippen LogP contribution in [0, 0.1) is 17.7 Å². The lowest BCUT2D eigenvalue weighted by Gasteiger charge is -2.51. The van der Waals surface area contributed by atoms with Crippen LogP contribution >= 0.6 is 11.8 Å². The third-order valence-electron chi connectivity index (χ3n) is 7.90. The molecule has 0 aromatic heterocycles. The number of piperazine rings is 1. The summed E-state index contributed by atoms with van der Waals surface area (Å²) in [5.41, 5.74) is 1.95. The zero-order valence-electron chi connectivity index (χ0n) is 20.5. The molecule has 0 saturated carbocycles. The normalized spacial score (nSPS) is 26.5. The van der Waals surface area contributed by atoms with Gasteiger partial charge in [-0.25, -0.2) is 9.18 Å². The van der Waals surface area contributed by atoms with Crippen molar-refractivity contribution in [2.45, 2.75) is 23.8 Å². The van der Waals surface area contributed by atoms with E-state index in [4.69, 9.17) is 0 Å². The Balaban J connectivity index is 1.06. The minimum absolute atomic E-state index is 0.124. The lowest BCUT2D eigenvalue weighted by atomic mass is 9.75. The number of fused-ring (bicyclic) bond motifs is 3. The zero-order chi connectivity index (χ0) is 24.2. The minimum Gasteiger partial charge on any atom is -0.369 e. The van der Waals surface area contributed by atoms with Crippen molar-refractivity contribution in [3.05, 3.63) is 54.3 Å². The fraction of sp³-hybridized carbons (Fsp3) is 0.519. The van der Waals surface area contributed by atoms with Crippen molar-refractivity contribution in [3.8, 4) is 0 Å². The van der Waals surface area contributed by atoms with Gasteiger partial charge in [-0.05, 0) is 79.9 Å². The van der Waals surface area contributed by atoms with Crippen molar-refractivity contribution in [2.75, 3.05) is 68.8 Å². The standard InChI is InChI=1S/C27H36FN5OS/c1-35-26-4-2-3-23(16-26)30-27(34)29-17-25-15-20-9-10-33(25)19-21(20)18-31-11-13-32(14-12-31)24-7-5-22(28)6-8-24/h2-8,16,20-21,25H,9-15,17-19H2,1H3,(H2,29,30,34)/t20-,21-,25+/m0/s1. The summed E-state index contributed by atoms with van der Waals surface area (Å²) in [5.74, 6) is 1.27. The molecule has 2 aromatic rings. The Kier molecular flexibility index (Phi) is 7.80. The summed E-state index contributed by atoms with van der Waals surface area (Å²) in [6.07, 6.45) is 4.47. The van der Waals surface area contributed by atoms with Gasteiger partial charge in [-0.1, -0.05) is 6.07 Å². The van der Waals surface area contributed by atoms with E-state index in [1.807, 2.05) is 42.7 Å². The van der Waals surface area contributed by atoms with Gasteiger partial charge >= 0.3 is 6.03 Å². The fourth-order valence-electron chi connectivity index (χ4n) is 5.93. The second-order valence-corrected chi connectivity index (χ2v) is 10.9. The number of nitrogens with one attached hydrogen (secondary N) is 2. The predicted molar refractivity (Wildman–Crippen MR) is 142 cm³/mol. The molecule has 4 atom stereocenters. The van der Waals surface area contributed by atoms with E-state index in [1.165, 1.54) is 12.8 Å². The average molecular weight is 498 g/mol. The highest BCUT2D eigenvalue weighted by Crippen LogP contribution is 2.36. The van der Waals surface area contributed by atoms with Gasteiger partial charge in [-0.3, -0.25) is 9.80 Å². The van der Waals surface area contributed by atoms with Gasteiger partial charge in [0.2, 0.25) is 0 Å². The Hall–Kier alpha value is -2.29. The molecule has 4 saturated heterocycles. The number of piperidine rings is 3. The highest BCUT2D eigenvalue weighted by Gasteiger charge is 2.40. The van der Waals surface area contributed by atoms with Gasteiger partial charge in [0.15, 0.2) is 0 Å². The second kappa shape index (κ2) is 11.2. The van der Waals surface area contributed by atoms with Gasteiger partial charge < -0.3 is 15.5 Å². The highest BCUT2D eigenvalue weighted by molar-refractivity contribution is 7.98. The Morgan fingerprint density at radius 1 is 1.09 bits per heavy atom. The number of amides is 2. The van der Waals surface area contributed by atoms with Crippen molar-refractivity contribution in [1.29, 1.82) is 0 Å². The maximum Gasteiger partial charge on any atom is 0.319 e. The monoisotopic (exact) mass is 497 g/mol.